The summed E-state index contributed by atoms with van der Waals surface area (Å²) in [5, 5.41) is 6.61. The average Bonchev–Trinajstić information content (AvgIpc) is 3.16. The van der Waals surface area contributed by atoms with Gasteiger partial charge in [0.05, 0.1) is 11.8 Å². The highest BCUT2D eigenvalue weighted by molar-refractivity contribution is 8.16. The van der Waals surface area contributed by atoms with Gasteiger partial charge in [-0.15, -0.1) is 11.3 Å². The van der Waals surface area contributed by atoms with Gasteiger partial charge in [0.2, 0.25) is 5.91 Å². The van der Waals surface area contributed by atoms with Crippen molar-refractivity contribution in [2.45, 2.75) is 33.1 Å². The van der Waals surface area contributed by atoms with E-state index in [2.05, 4.69) is 25.2 Å². The molecule has 142 valence electrons. The van der Waals surface area contributed by atoms with Crippen LogP contribution in [0.5, 0.6) is 0 Å². The summed E-state index contributed by atoms with van der Waals surface area (Å²) in [5.41, 5.74) is 1.90. The number of thioether (sulfide) groups is 1. The molecule has 2 aromatic rings. The standard InChI is InChI=1S/C18H21N5O2S2/c1-10-11(2)27-17-15(10)16(25)21-13(22-17)4-6-19-14(24)8-12-9-26-18-20-5-3-7-23(12)18/h9H,3-8H2,1-2H3,(H,19,24)(H,21,22,25). The molecule has 0 fully saturated rings. The largest absolute Gasteiger partial charge is 0.355 e. The lowest BCUT2D eigenvalue weighted by Gasteiger charge is -2.25. The van der Waals surface area contributed by atoms with Gasteiger partial charge in [-0.25, -0.2) is 4.98 Å². The van der Waals surface area contributed by atoms with Crippen LogP contribution in [0.4, 0.5) is 0 Å². The van der Waals surface area contributed by atoms with Crippen molar-refractivity contribution in [3.63, 3.8) is 0 Å². The van der Waals surface area contributed by atoms with Crippen LogP contribution in [0.2, 0.25) is 0 Å². The highest BCUT2D eigenvalue weighted by Crippen LogP contribution is 2.30. The summed E-state index contributed by atoms with van der Waals surface area (Å²) >= 11 is 3.12. The monoisotopic (exact) mass is 403 g/mol. The maximum atomic E-state index is 12.3. The van der Waals surface area contributed by atoms with Gasteiger partial charge in [-0.2, -0.15) is 0 Å². The number of aromatic amines is 1. The van der Waals surface area contributed by atoms with Crippen molar-refractivity contribution < 1.29 is 4.79 Å². The van der Waals surface area contributed by atoms with E-state index in [4.69, 9.17) is 0 Å². The normalized spacial score (nSPS) is 16.3. The average molecular weight is 404 g/mol. The van der Waals surface area contributed by atoms with E-state index in [0.29, 0.717) is 30.6 Å². The number of nitrogens with one attached hydrogen (secondary N) is 2. The quantitative estimate of drug-likeness (QED) is 0.799. The lowest BCUT2D eigenvalue weighted by atomic mass is 10.2. The van der Waals surface area contributed by atoms with Crippen molar-refractivity contribution in [1.82, 2.24) is 20.2 Å². The number of hydrogen-bond acceptors (Lipinski definition) is 7. The number of fused-ring (bicyclic) bond motifs is 2. The van der Waals surface area contributed by atoms with Crippen LogP contribution in [0.1, 0.15) is 29.1 Å². The van der Waals surface area contributed by atoms with Crippen molar-refractivity contribution in [2.75, 3.05) is 19.6 Å². The SMILES string of the molecule is Cc1sc2nc(CCNC(=O)CC3=CSC4=NCCCN34)[nH]c(=O)c2c1C. The number of nitrogens with zero attached hydrogens (tertiary/aromatic N) is 3. The molecule has 9 heteroatoms. The van der Waals surface area contributed by atoms with E-state index in [1.54, 1.807) is 11.8 Å². The number of H-pyrrole nitrogens is 1. The number of carbonyl (C=O) groups is 1. The summed E-state index contributed by atoms with van der Waals surface area (Å²) in [4.78, 5) is 40.4. The Kier molecular flexibility index (Phi) is 5.05. The maximum Gasteiger partial charge on any atom is 0.259 e. The first kappa shape index (κ1) is 18.2. The lowest BCUT2D eigenvalue weighted by Crippen LogP contribution is -2.33. The second kappa shape index (κ2) is 7.47. The number of amidine groups is 1. The zero-order valence-electron chi connectivity index (χ0n) is 15.3. The zero-order valence-corrected chi connectivity index (χ0v) is 16.9. The lowest BCUT2D eigenvalue weighted by molar-refractivity contribution is -0.120. The summed E-state index contributed by atoms with van der Waals surface area (Å²) in [6.07, 6.45) is 1.86. The molecule has 27 heavy (non-hydrogen) atoms. The van der Waals surface area contributed by atoms with Gasteiger partial charge in [-0.1, -0.05) is 11.8 Å². The van der Waals surface area contributed by atoms with Gasteiger partial charge in [0, 0.05) is 36.6 Å². The van der Waals surface area contributed by atoms with Crippen molar-refractivity contribution in [3.05, 3.63) is 37.7 Å². The fourth-order valence-corrected chi connectivity index (χ4v) is 5.24. The van der Waals surface area contributed by atoms with Crippen molar-refractivity contribution >= 4 is 44.4 Å². The first-order valence-corrected chi connectivity index (χ1v) is 10.7. The molecule has 0 saturated carbocycles. The summed E-state index contributed by atoms with van der Waals surface area (Å²) in [7, 11) is 0. The molecule has 2 aromatic heterocycles. The van der Waals surface area contributed by atoms with Crippen LogP contribution >= 0.6 is 23.1 Å². The van der Waals surface area contributed by atoms with Crippen LogP contribution in [-0.4, -0.2) is 45.6 Å². The van der Waals surface area contributed by atoms with E-state index in [1.807, 2.05) is 19.3 Å². The zero-order chi connectivity index (χ0) is 19.0. The highest BCUT2D eigenvalue weighted by atomic mass is 32.2. The van der Waals surface area contributed by atoms with Crippen LogP contribution in [0.25, 0.3) is 10.2 Å². The van der Waals surface area contributed by atoms with Crippen molar-refractivity contribution in [2.24, 2.45) is 4.99 Å². The minimum atomic E-state index is -0.103. The Hall–Kier alpha value is -2.13. The molecule has 0 unspecified atom stereocenters. The Bertz CT molecular complexity index is 1020. The molecule has 0 bridgehead atoms. The van der Waals surface area contributed by atoms with E-state index in [1.165, 1.54) is 11.3 Å². The summed E-state index contributed by atoms with van der Waals surface area (Å²) < 4.78 is 0. The van der Waals surface area contributed by atoms with E-state index in [-0.39, 0.29) is 11.5 Å². The number of aliphatic imine (C=N–C) groups is 1. The molecule has 0 spiro atoms. The Labute approximate surface area is 165 Å². The van der Waals surface area contributed by atoms with Crippen molar-refractivity contribution in [3.8, 4) is 0 Å². The number of hydrogen-bond donors (Lipinski definition) is 2. The Morgan fingerprint density at radius 1 is 1.41 bits per heavy atom. The molecule has 0 saturated heterocycles. The molecule has 0 radical (unpaired) electrons. The molecule has 4 rings (SSSR count). The van der Waals surface area contributed by atoms with Crippen LogP contribution in [-0.2, 0) is 11.2 Å². The van der Waals surface area contributed by atoms with Gasteiger partial charge < -0.3 is 15.2 Å². The minimum Gasteiger partial charge on any atom is -0.355 e. The first-order chi connectivity index (χ1) is 13.0. The number of amides is 1. The molecule has 2 aliphatic rings. The molecule has 1 amide bonds. The second-order valence-corrected chi connectivity index (χ2v) is 8.69. The van der Waals surface area contributed by atoms with E-state index < -0.39 is 0 Å². The molecule has 0 aromatic carbocycles. The third-order valence-corrected chi connectivity index (χ3v) is 6.83. The van der Waals surface area contributed by atoms with Gasteiger partial charge in [0.25, 0.3) is 5.56 Å². The fraction of sp³-hybridized carbons (Fsp3) is 0.444. The van der Waals surface area contributed by atoms with Crippen molar-refractivity contribution in [1.29, 1.82) is 0 Å². The third-order valence-electron chi connectivity index (χ3n) is 4.78. The summed E-state index contributed by atoms with van der Waals surface area (Å²) in [6, 6.07) is 0. The molecule has 7 nitrogen and oxygen atoms in total. The first-order valence-electron chi connectivity index (χ1n) is 8.96. The number of rotatable bonds is 5. The van der Waals surface area contributed by atoms with Gasteiger partial charge in [-0.3, -0.25) is 14.6 Å². The predicted molar refractivity (Wildman–Crippen MR) is 110 cm³/mol. The number of aryl methyl sites for hydroxylation is 2. The smallest absolute Gasteiger partial charge is 0.259 e. The van der Waals surface area contributed by atoms with Crippen LogP contribution < -0.4 is 10.9 Å². The summed E-state index contributed by atoms with van der Waals surface area (Å²) in [5.74, 6) is 0.579. The Morgan fingerprint density at radius 3 is 3.11 bits per heavy atom. The van der Waals surface area contributed by atoms with E-state index in [0.717, 1.165) is 45.6 Å². The molecule has 2 aliphatic heterocycles. The Balaban J connectivity index is 1.34. The molecule has 4 heterocycles. The predicted octanol–water partition coefficient (Wildman–Crippen LogP) is 2.30. The molecule has 2 N–H and O–H groups in total. The maximum absolute atomic E-state index is 12.3. The van der Waals surface area contributed by atoms with Gasteiger partial charge in [0.1, 0.15) is 10.7 Å². The fourth-order valence-electron chi connectivity index (χ4n) is 3.24. The topological polar surface area (TPSA) is 90.4 Å². The number of thiophene rings is 1. The molecule has 0 aliphatic carbocycles. The van der Waals surface area contributed by atoms with Crippen LogP contribution in [0.3, 0.4) is 0 Å². The van der Waals surface area contributed by atoms with Gasteiger partial charge in [0.15, 0.2) is 5.17 Å². The molecular formula is C18H21N5O2S2. The van der Waals surface area contributed by atoms with Gasteiger partial charge >= 0.3 is 0 Å². The van der Waals surface area contributed by atoms with E-state index in [9.17, 15) is 9.59 Å². The third kappa shape index (κ3) is 3.66. The summed E-state index contributed by atoms with van der Waals surface area (Å²) in [6.45, 7) is 6.17. The second-order valence-electron chi connectivity index (χ2n) is 6.65. The van der Waals surface area contributed by atoms with Crippen LogP contribution in [0.15, 0.2) is 20.9 Å². The van der Waals surface area contributed by atoms with Gasteiger partial charge in [-0.05, 0) is 31.2 Å². The highest BCUT2D eigenvalue weighted by Gasteiger charge is 2.26. The Morgan fingerprint density at radius 2 is 2.26 bits per heavy atom. The minimum absolute atomic E-state index is 0.0279. The number of aromatic nitrogens is 2. The molecular weight excluding hydrogens is 382 g/mol. The number of carbonyl (C=O) groups excluding carboxylic acids is 1. The molecule has 0 atom stereocenters. The van der Waals surface area contributed by atoms with E-state index >= 15 is 0 Å². The van der Waals surface area contributed by atoms with Crippen LogP contribution in [0, 0.1) is 13.8 Å².